The quantitative estimate of drug-likeness (QED) is 0.276. The number of nitrogens with zero attached hydrogens (tertiary/aromatic N) is 2. The third-order valence-electron chi connectivity index (χ3n) is 5.99. The Bertz CT molecular complexity index is 1440. The number of para-hydroxylation sites is 1. The van der Waals surface area contributed by atoms with Crippen LogP contribution in [0.4, 0.5) is 0 Å². The van der Waals surface area contributed by atoms with Crippen LogP contribution in [0.15, 0.2) is 152 Å². The zero-order valence-electron chi connectivity index (χ0n) is 20.3. The predicted octanol–water partition coefficient (Wildman–Crippen LogP) is 8.54. The molecule has 0 aliphatic carbocycles. The number of hydrogen-bond donors (Lipinski definition) is 1. The molecule has 0 saturated carbocycles. The minimum Gasteiger partial charge on any atom is -0.507 e. The molecule has 0 fully saturated rings. The first-order chi connectivity index (χ1) is 18.3. The van der Waals surface area contributed by atoms with Crippen LogP contribution in [0.1, 0.15) is 0 Å². The van der Waals surface area contributed by atoms with E-state index in [1.54, 1.807) is 0 Å². The van der Waals surface area contributed by atoms with E-state index in [4.69, 9.17) is 0 Å². The molecular formula is C34H26N2O. The number of phenols is 1. The topological polar surface area (TPSA) is 46.0 Å². The van der Waals surface area contributed by atoms with Gasteiger partial charge in [0, 0.05) is 34.6 Å². The van der Waals surface area contributed by atoms with E-state index in [0.29, 0.717) is 5.75 Å². The van der Waals surface area contributed by atoms with Crippen LogP contribution in [0.5, 0.6) is 5.75 Å². The van der Waals surface area contributed by atoms with E-state index in [9.17, 15) is 5.11 Å². The van der Waals surface area contributed by atoms with Crippen LogP contribution < -0.4 is 0 Å². The van der Waals surface area contributed by atoms with Gasteiger partial charge in [-0.05, 0) is 41.5 Å². The molecule has 0 spiro atoms. The van der Waals surface area contributed by atoms with Gasteiger partial charge >= 0.3 is 0 Å². The van der Waals surface area contributed by atoms with Crippen molar-refractivity contribution in [3.8, 4) is 50.5 Å². The van der Waals surface area contributed by atoms with Crippen LogP contribution in [-0.2, 0) is 0 Å². The van der Waals surface area contributed by atoms with Gasteiger partial charge in [-0.2, -0.15) is 0 Å². The highest BCUT2D eigenvalue weighted by Gasteiger charge is 2.09. The smallest absolute Gasteiger partial charge is 0.131 e. The lowest BCUT2D eigenvalue weighted by atomic mass is 9.97. The summed E-state index contributed by atoms with van der Waals surface area (Å²) < 4.78 is 0. The molecule has 0 unspecified atom stereocenters. The largest absolute Gasteiger partial charge is 0.507 e. The molecule has 2 aromatic heterocycles. The van der Waals surface area contributed by atoms with Crippen LogP contribution in [0.25, 0.3) is 44.8 Å². The molecule has 0 aliphatic rings. The van der Waals surface area contributed by atoms with Gasteiger partial charge in [0.1, 0.15) is 5.75 Å². The van der Waals surface area contributed by atoms with Crippen molar-refractivity contribution in [2.45, 2.75) is 0 Å². The molecule has 6 rings (SSSR count). The molecule has 0 bridgehead atoms. The SMILES string of the molecule is Oc1c(-c2ccccc2)cccc1-c1ccccc1.c1ccc(-c2cccc(-c3ccccn3)c2)nc1. The minimum atomic E-state index is 0.333. The molecule has 178 valence electrons. The van der Waals surface area contributed by atoms with E-state index >= 15 is 0 Å². The van der Waals surface area contributed by atoms with Crippen molar-refractivity contribution in [2.75, 3.05) is 0 Å². The predicted molar refractivity (Wildman–Crippen MR) is 152 cm³/mol. The zero-order chi connectivity index (χ0) is 25.3. The Kier molecular flexibility index (Phi) is 7.44. The molecule has 0 saturated heterocycles. The fourth-order valence-corrected chi connectivity index (χ4v) is 4.15. The van der Waals surface area contributed by atoms with Crippen molar-refractivity contribution in [2.24, 2.45) is 0 Å². The average molecular weight is 479 g/mol. The lowest BCUT2D eigenvalue weighted by molar-refractivity contribution is 0.479. The first-order valence-corrected chi connectivity index (χ1v) is 12.2. The van der Waals surface area contributed by atoms with Gasteiger partial charge in [-0.1, -0.05) is 109 Å². The van der Waals surface area contributed by atoms with Crippen molar-refractivity contribution < 1.29 is 5.11 Å². The van der Waals surface area contributed by atoms with Gasteiger partial charge in [-0.25, -0.2) is 0 Å². The fraction of sp³-hybridized carbons (Fsp3) is 0. The van der Waals surface area contributed by atoms with Crippen molar-refractivity contribution >= 4 is 0 Å². The molecule has 2 heterocycles. The maximum atomic E-state index is 10.5. The molecule has 4 aromatic carbocycles. The maximum absolute atomic E-state index is 10.5. The average Bonchev–Trinajstić information content (AvgIpc) is 2.99. The molecule has 37 heavy (non-hydrogen) atoms. The molecule has 0 aliphatic heterocycles. The summed E-state index contributed by atoms with van der Waals surface area (Å²) in [6.45, 7) is 0. The number of pyridine rings is 2. The summed E-state index contributed by atoms with van der Waals surface area (Å²) in [5.74, 6) is 0.333. The van der Waals surface area contributed by atoms with Gasteiger partial charge in [0.25, 0.3) is 0 Å². The molecule has 0 atom stereocenters. The first kappa shape index (κ1) is 23.7. The Labute approximate surface area is 217 Å². The van der Waals surface area contributed by atoms with Gasteiger partial charge in [-0.15, -0.1) is 0 Å². The molecule has 0 amide bonds. The number of rotatable bonds is 4. The highest BCUT2D eigenvalue weighted by molar-refractivity contribution is 5.81. The summed E-state index contributed by atoms with van der Waals surface area (Å²) in [6.07, 6.45) is 3.62. The van der Waals surface area contributed by atoms with Crippen molar-refractivity contribution in [3.63, 3.8) is 0 Å². The number of aromatic hydroxyl groups is 1. The van der Waals surface area contributed by atoms with Gasteiger partial charge < -0.3 is 5.11 Å². The van der Waals surface area contributed by atoms with E-state index in [1.165, 1.54) is 0 Å². The Hall–Kier alpha value is -5.02. The Morgan fingerprint density at radius 2 is 0.784 bits per heavy atom. The van der Waals surface area contributed by atoms with E-state index in [1.807, 2.05) is 134 Å². The highest BCUT2D eigenvalue weighted by atomic mass is 16.3. The van der Waals surface area contributed by atoms with Crippen molar-refractivity contribution in [3.05, 3.63) is 152 Å². The summed E-state index contributed by atoms with van der Waals surface area (Å²) in [5, 5.41) is 10.5. The van der Waals surface area contributed by atoms with Crippen LogP contribution in [0.2, 0.25) is 0 Å². The fourth-order valence-electron chi connectivity index (χ4n) is 4.15. The summed E-state index contributed by atoms with van der Waals surface area (Å²) in [5.41, 5.74) is 7.96. The van der Waals surface area contributed by atoms with E-state index < -0.39 is 0 Å². The van der Waals surface area contributed by atoms with Crippen LogP contribution in [0, 0.1) is 0 Å². The summed E-state index contributed by atoms with van der Waals surface area (Å²) in [6, 6.07) is 45.9. The lowest BCUT2D eigenvalue weighted by Gasteiger charge is -2.10. The second kappa shape index (κ2) is 11.6. The molecule has 6 aromatic rings. The number of phenolic OH excluding ortho intramolecular Hbond substituents is 1. The maximum Gasteiger partial charge on any atom is 0.131 e. The highest BCUT2D eigenvalue weighted by Crippen LogP contribution is 2.37. The molecular weight excluding hydrogens is 452 g/mol. The molecule has 3 nitrogen and oxygen atoms in total. The number of benzene rings is 4. The Balaban J connectivity index is 0.000000152. The van der Waals surface area contributed by atoms with Crippen LogP contribution in [0.3, 0.4) is 0 Å². The van der Waals surface area contributed by atoms with Gasteiger partial charge in [0.15, 0.2) is 0 Å². The first-order valence-electron chi connectivity index (χ1n) is 12.2. The Morgan fingerprint density at radius 1 is 0.378 bits per heavy atom. The monoisotopic (exact) mass is 478 g/mol. The molecule has 0 radical (unpaired) electrons. The van der Waals surface area contributed by atoms with Crippen LogP contribution in [-0.4, -0.2) is 15.1 Å². The zero-order valence-corrected chi connectivity index (χ0v) is 20.3. The second-order valence-corrected chi connectivity index (χ2v) is 8.44. The lowest BCUT2D eigenvalue weighted by Crippen LogP contribution is -1.85. The normalized spacial score (nSPS) is 10.3. The summed E-state index contributed by atoms with van der Waals surface area (Å²) in [4.78, 5) is 8.73. The second-order valence-electron chi connectivity index (χ2n) is 8.44. The van der Waals surface area contributed by atoms with Crippen molar-refractivity contribution in [1.82, 2.24) is 9.97 Å². The van der Waals surface area contributed by atoms with Crippen molar-refractivity contribution in [1.29, 1.82) is 0 Å². The van der Waals surface area contributed by atoms with E-state index in [-0.39, 0.29) is 0 Å². The number of aromatic nitrogens is 2. The third-order valence-corrected chi connectivity index (χ3v) is 5.99. The number of hydrogen-bond acceptors (Lipinski definition) is 3. The van der Waals surface area contributed by atoms with Gasteiger partial charge in [-0.3, -0.25) is 9.97 Å². The van der Waals surface area contributed by atoms with Gasteiger partial charge in [0.05, 0.1) is 11.4 Å². The molecule has 1 N–H and O–H groups in total. The standard InChI is InChI=1S/C18H14O.C16H12N2/c19-18-16(14-8-3-1-4-9-14)12-7-13-17(18)15-10-5-2-6-11-15;1-3-10-17-15(8-1)13-6-5-7-14(12-13)16-9-2-4-11-18-16/h1-13,19H;1-12H. The van der Waals surface area contributed by atoms with E-state index in [2.05, 4.69) is 28.2 Å². The van der Waals surface area contributed by atoms with Gasteiger partial charge in [0.2, 0.25) is 0 Å². The molecule has 3 heteroatoms. The minimum absolute atomic E-state index is 0.333. The summed E-state index contributed by atoms with van der Waals surface area (Å²) >= 11 is 0. The third kappa shape index (κ3) is 5.80. The van der Waals surface area contributed by atoms with Crippen LogP contribution >= 0.6 is 0 Å². The Morgan fingerprint density at radius 3 is 1.22 bits per heavy atom. The van der Waals surface area contributed by atoms with E-state index in [0.717, 1.165) is 44.8 Å². The summed E-state index contributed by atoms with van der Waals surface area (Å²) in [7, 11) is 0.